The lowest BCUT2D eigenvalue weighted by Crippen LogP contribution is -2.40. The summed E-state index contributed by atoms with van der Waals surface area (Å²) in [6.07, 6.45) is 2.63. The van der Waals surface area contributed by atoms with E-state index in [4.69, 9.17) is 9.47 Å². The lowest BCUT2D eigenvalue weighted by molar-refractivity contribution is 0.0730. The molecule has 0 unspecified atom stereocenters. The first-order chi connectivity index (χ1) is 16.7. The van der Waals surface area contributed by atoms with Crippen LogP contribution in [0.25, 0.3) is 0 Å². The van der Waals surface area contributed by atoms with E-state index in [1.165, 1.54) is 58.2 Å². The van der Waals surface area contributed by atoms with Crippen LogP contribution in [0.4, 0.5) is 5.69 Å². The summed E-state index contributed by atoms with van der Waals surface area (Å²) in [6.45, 7) is 2.18. The van der Waals surface area contributed by atoms with Gasteiger partial charge >= 0.3 is 0 Å². The summed E-state index contributed by atoms with van der Waals surface area (Å²) in [4.78, 5) is 13.1. The van der Waals surface area contributed by atoms with E-state index in [0.717, 1.165) is 19.3 Å². The summed E-state index contributed by atoms with van der Waals surface area (Å²) < 4.78 is 65.0. The number of ether oxygens (including phenoxy) is 2. The molecule has 10 nitrogen and oxygen atoms in total. The number of hydrogen-bond acceptors (Lipinski definition) is 7. The van der Waals surface area contributed by atoms with Crippen LogP contribution in [0.5, 0.6) is 5.75 Å². The maximum absolute atomic E-state index is 13.1. The van der Waals surface area contributed by atoms with Crippen LogP contribution >= 0.6 is 0 Å². The molecule has 2 aliphatic rings. The van der Waals surface area contributed by atoms with Crippen LogP contribution in [-0.2, 0) is 24.8 Å². The van der Waals surface area contributed by atoms with Gasteiger partial charge in [-0.2, -0.15) is 8.61 Å². The van der Waals surface area contributed by atoms with Gasteiger partial charge in [0.2, 0.25) is 20.0 Å². The Bertz CT molecular complexity index is 1270. The molecule has 1 N–H and O–H groups in total. The van der Waals surface area contributed by atoms with Gasteiger partial charge in [0.1, 0.15) is 5.75 Å². The van der Waals surface area contributed by atoms with E-state index in [1.54, 1.807) is 0 Å². The van der Waals surface area contributed by atoms with Crippen molar-refractivity contribution in [3.8, 4) is 5.75 Å². The molecule has 190 valence electrons. The first-order valence-corrected chi connectivity index (χ1v) is 14.3. The molecule has 0 radical (unpaired) electrons. The molecule has 2 aromatic rings. The minimum atomic E-state index is -3.70. The molecule has 0 bridgehead atoms. The van der Waals surface area contributed by atoms with E-state index in [1.807, 2.05) is 0 Å². The Labute approximate surface area is 205 Å². The molecule has 0 aliphatic carbocycles. The molecule has 35 heavy (non-hydrogen) atoms. The zero-order chi connectivity index (χ0) is 25.1. The Morgan fingerprint density at radius 3 is 2.03 bits per heavy atom. The number of piperidine rings is 1. The molecule has 2 aliphatic heterocycles. The fourth-order valence-corrected chi connectivity index (χ4v) is 7.06. The molecule has 1 amide bonds. The molecular formula is C23H29N3O7S2. The molecule has 2 aromatic carbocycles. The third-order valence-corrected chi connectivity index (χ3v) is 9.90. The van der Waals surface area contributed by atoms with E-state index in [2.05, 4.69) is 5.32 Å². The molecule has 2 fully saturated rings. The summed E-state index contributed by atoms with van der Waals surface area (Å²) >= 11 is 0. The van der Waals surface area contributed by atoms with E-state index in [9.17, 15) is 21.6 Å². The number of nitrogens with zero attached hydrogens (tertiary/aromatic N) is 2. The van der Waals surface area contributed by atoms with Gasteiger partial charge in [-0.1, -0.05) is 6.42 Å². The fourth-order valence-electron chi connectivity index (χ4n) is 4.11. The van der Waals surface area contributed by atoms with Gasteiger partial charge in [-0.15, -0.1) is 0 Å². The Hall–Kier alpha value is -2.51. The van der Waals surface area contributed by atoms with Gasteiger partial charge in [0, 0.05) is 31.7 Å². The number of anilines is 1. The zero-order valence-corrected chi connectivity index (χ0v) is 21.1. The third kappa shape index (κ3) is 5.51. The SMILES string of the molecule is COc1ccc(S(=O)(=O)N2CCCCC2)cc1NC(=O)c1ccc(S(=O)(=O)N2CCOCC2)cc1. The summed E-state index contributed by atoms with van der Waals surface area (Å²) in [7, 11) is -5.95. The topological polar surface area (TPSA) is 122 Å². The zero-order valence-electron chi connectivity index (χ0n) is 19.5. The van der Waals surface area contributed by atoms with Crippen LogP contribution in [0.2, 0.25) is 0 Å². The van der Waals surface area contributed by atoms with Crippen molar-refractivity contribution < 1.29 is 31.1 Å². The van der Waals surface area contributed by atoms with Crippen molar-refractivity contribution in [3.63, 3.8) is 0 Å². The molecule has 0 aromatic heterocycles. The molecule has 2 heterocycles. The van der Waals surface area contributed by atoms with Crippen molar-refractivity contribution in [3.05, 3.63) is 48.0 Å². The smallest absolute Gasteiger partial charge is 0.255 e. The first kappa shape index (κ1) is 25.6. The van der Waals surface area contributed by atoms with Crippen molar-refractivity contribution in [2.45, 2.75) is 29.1 Å². The monoisotopic (exact) mass is 523 g/mol. The second kappa shape index (κ2) is 10.6. The largest absolute Gasteiger partial charge is 0.495 e. The fraction of sp³-hybridized carbons (Fsp3) is 0.435. The molecule has 4 rings (SSSR count). The number of amides is 1. The normalized spacial score (nSPS) is 18.2. The van der Waals surface area contributed by atoms with Gasteiger partial charge in [0.15, 0.2) is 0 Å². The van der Waals surface area contributed by atoms with Crippen molar-refractivity contribution in [2.75, 3.05) is 51.8 Å². The molecule has 12 heteroatoms. The van der Waals surface area contributed by atoms with Crippen LogP contribution < -0.4 is 10.1 Å². The lowest BCUT2D eigenvalue weighted by atomic mass is 10.2. The molecular weight excluding hydrogens is 494 g/mol. The summed E-state index contributed by atoms with van der Waals surface area (Å²) in [5.41, 5.74) is 0.429. The second-order valence-electron chi connectivity index (χ2n) is 8.32. The molecule has 0 spiro atoms. The van der Waals surface area contributed by atoms with Crippen LogP contribution in [-0.4, -0.2) is 77.9 Å². The number of benzene rings is 2. The van der Waals surface area contributed by atoms with E-state index in [0.29, 0.717) is 32.1 Å². The summed E-state index contributed by atoms with van der Waals surface area (Å²) in [5, 5.41) is 2.69. The van der Waals surface area contributed by atoms with Crippen molar-refractivity contribution in [1.82, 2.24) is 8.61 Å². The van der Waals surface area contributed by atoms with Crippen molar-refractivity contribution >= 4 is 31.6 Å². The predicted molar refractivity (Wildman–Crippen MR) is 130 cm³/mol. The number of carbonyl (C=O) groups is 1. The van der Waals surface area contributed by atoms with Gasteiger partial charge in [0.25, 0.3) is 5.91 Å². The summed E-state index contributed by atoms with van der Waals surface area (Å²) in [5.74, 6) is -0.214. The third-order valence-electron chi connectivity index (χ3n) is 6.10. The Morgan fingerprint density at radius 1 is 0.829 bits per heavy atom. The van der Waals surface area contributed by atoms with Gasteiger partial charge < -0.3 is 14.8 Å². The number of hydrogen-bond donors (Lipinski definition) is 1. The maximum atomic E-state index is 13.1. The molecule has 0 atom stereocenters. The van der Waals surface area contributed by atoms with Crippen LogP contribution in [0.15, 0.2) is 52.3 Å². The molecule has 2 saturated heterocycles. The summed E-state index contributed by atoms with van der Waals surface area (Å²) in [6, 6.07) is 9.96. The highest BCUT2D eigenvalue weighted by molar-refractivity contribution is 7.89. The minimum Gasteiger partial charge on any atom is -0.495 e. The number of rotatable bonds is 7. The number of methoxy groups -OCH3 is 1. The van der Waals surface area contributed by atoms with Crippen LogP contribution in [0.1, 0.15) is 29.6 Å². The van der Waals surface area contributed by atoms with Crippen LogP contribution in [0, 0.1) is 0 Å². The van der Waals surface area contributed by atoms with Gasteiger partial charge in [-0.05, 0) is 55.3 Å². The first-order valence-electron chi connectivity index (χ1n) is 11.4. The Balaban J connectivity index is 1.53. The van der Waals surface area contributed by atoms with Crippen LogP contribution in [0.3, 0.4) is 0 Å². The van der Waals surface area contributed by atoms with E-state index < -0.39 is 26.0 Å². The van der Waals surface area contributed by atoms with E-state index in [-0.39, 0.29) is 34.1 Å². The van der Waals surface area contributed by atoms with E-state index >= 15 is 0 Å². The highest BCUT2D eigenvalue weighted by Gasteiger charge is 2.28. The number of sulfonamides is 2. The van der Waals surface area contributed by atoms with Gasteiger partial charge in [0.05, 0.1) is 35.8 Å². The van der Waals surface area contributed by atoms with Gasteiger partial charge in [-0.3, -0.25) is 4.79 Å². The highest BCUT2D eigenvalue weighted by atomic mass is 32.2. The quantitative estimate of drug-likeness (QED) is 0.590. The number of morpholine rings is 1. The average Bonchev–Trinajstić information content (AvgIpc) is 2.89. The standard InChI is InChI=1S/C23H29N3O7S2/c1-32-22-10-9-20(35(30,31)25-11-3-2-4-12-25)17-21(22)24-23(27)18-5-7-19(8-6-18)34(28,29)26-13-15-33-16-14-26/h5-10,17H,2-4,11-16H2,1H3,(H,24,27). The predicted octanol–water partition coefficient (Wildman–Crippen LogP) is 2.14. The van der Waals surface area contributed by atoms with Gasteiger partial charge in [-0.25, -0.2) is 16.8 Å². The Morgan fingerprint density at radius 2 is 1.40 bits per heavy atom. The lowest BCUT2D eigenvalue weighted by Gasteiger charge is -2.26. The number of carbonyl (C=O) groups excluding carboxylic acids is 1. The molecule has 0 saturated carbocycles. The van der Waals surface area contributed by atoms with Crippen molar-refractivity contribution in [2.24, 2.45) is 0 Å². The van der Waals surface area contributed by atoms with Crippen molar-refractivity contribution in [1.29, 1.82) is 0 Å². The maximum Gasteiger partial charge on any atom is 0.255 e. The number of nitrogens with one attached hydrogen (secondary N) is 1. The Kier molecular flexibility index (Phi) is 7.77. The minimum absolute atomic E-state index is 0.0717. The average molecular weight is 524 g/mol. The highest BCUT2D eigenvalue weighted by Crippen LogP contribution is 2.30. The second-order valence-corrected chi connectivity index (χ2v) is 12.2.